The van der Waals surface area contributed by atoms with E-state index in [-0.39, 0.29) is 5.82 Å². The highest BCUT2D eigenvalue weighted by Crippen LogP contribution is 2.12. The smallest absolute Gasteiger partial charge is 0.141 e. The Balaban J connectivity index is 1.96. The Morgan fingerprint density at radius 2 is 2.31 bits per heavy atom. The molecule has 2 atom stereocenters. The molecule has 0 unspecified atom stereocenters. The lowest BCUT2D eigenvalue weighted by molar-refractivity contribution is 0.375. The first-order chi connectivity index (χ1) is 7.74. The summed E-state index contributed by atoms with van der Waals surface area (Å²) < 4.78 is 12.6. The molecular formula is C13H15FN2. The predicted molar refractivity (Wildman–Crippen MR) is 61.3 cm³/mol. The number of hydrogen-bond acceptors (Lipinski definition) is 2. The minimum atomic E-state index is -0.321. The van der Waals surface area contributed by atoms with Crippen LogP contribution in [0.25, 0.3) is 0 Å². The van der Waals surface area contributed by atoms with E-state index in [1.807, 2.05) is 0 Å². The maximum Gasteiger partial charge on any atom is 0.141 e. The summed E-state index contributed by atoms with van der Waals surface area (Å²) in [6, 6.07) is 3.60. The third kappa shape index (κ3) is 3.04. The van der Waals surface area contributed by atoms with Gasteiger partial charge in [0.25, 0.3) is 0 Å². The van der Waals surface area contributed by atoms with Crippen LogP contribution in [0, 0.1) is 23.6 Å². The zero-order valence-corrected chi connectivity index (χ0v) is 9.33. The van der Waals surface area contributed by atoms with Crippen LogP contribution in [0.4, 0.5) is 4.39 Å². The van der Waals surface area contributed by atoms with E-state index in [0.29, 0.717) is 17.7 Å². The van der Waals surface area contributed by atoms with Crippen molar-refractivity contribution in [1.82, 2.24) is 10.3 Å². The first-order valence-electron chi connectivity index (χ1n) is 5.60. The van der Waals surface area contributed by atoms with Gasteiger partial charge >= 0.3 is 0 Å². The first-order valence-corrected chi connectivity index (χ1v) is 5.60. The minimum absolute atomic E-state index is 0.321. The van der Waals surface area contributed by atoms with Crippen LogP contribution in [0.3, 0.4) is 0 Å². The highest BCUT2D eigenvalue weighted by atomic mass is 19.1. The molecule has 1 N–H and O–H groups in total. The second-order valence-electron chi connectivity index (χ2n) is 4.21. The van der Waals surface area contributed by atoms with Gasteiger partial charge in [-0.05, 0) is 37.8 Å². The maximum atomic E-state index is 12.6. The third-order valence-electron chi connectivity index (χ3n) is 2.79. The molecule has 2 heterocycles. The highest BCUT2D eigenvalue weighted by molar-refractivity contribution is 5.28. The van der Waals surface area contributed by atoms with Gasteiger partial charge in [0.05, 0.1) is 6.20 Å². The number of piperidine rings is 1. The fourth-order valence-corrected chi connectivity index (χ4v) is 1.75. The molecule has 0 amide bonds. The van der Waals surface area contributed by atoms with Crippen LogP contribution in [-0.2, 0) is 0 Å². The number of aromatic nitrogens is 1. The van der Waals surface area contributed by atoms with Crippen LogP contribution < -0.4 is 5.32 Å². The molecule has 84 valence electrons. The Bertz CT molecular complexity index is 394. The van der Waals surface area contributed by atoms with Crippen LogP contribution in [-0.4, -0.2) is 17.6 Å². The Morgan fingerprint density at radius 3 is 2.94 bits per heavy atom. The van der Waals surface area contributed by atoms with Crippen molar-refractivity contribution in [3.63, 3.8) is 0 Å². The Kier molecular flexibility index (Phi) is 3.53. The van der Waals surface area contributed by atoms with Crippen LogP contribution in [0.1, 0.15) is 25.5 Å². The molecule has 1 aromatic heterocycles. The van der Waals surface area contributed by atoms with E-state index in [0.717, 1.165) is 19.4 Å². The summed E-state index contributed by atoms with van der Waals surface area (Å²) in [6.45, 7) is 3.13. The van der Waals surface area contributed by atoms with Crippen LogP contribution in [0.5, 0.6) is 0 Å². The van der Waals surface area contributed by atoms with E-state index in [1.165, 1.54) is 12.3 Å². The molecule has 0 aromatic carbocycles. The zero-order valence-electron chi connectivity index (χ0n) is 9.33. The highest BCUT2D eigenvalue weighted by Gasteiger charge is 2.14. The molecule has 1 saturated heterocycles. The summed E-state index contributed by atoms with van der Waals surface area (Å²) >= 11 is 0. The van der Waals surface area contributed by atoms with E-state index in [9.17, 15) is 4.39 Å². The Morgan fingerprint density at radius 1 is 1.44 bits per heavy atom. The molecule has 0 saturated carbocycles. The molecule has 0 radical (unpaired) electrons. The lowest BCUT2D eigenvalue weighted by atomic mass is 9.96. The standard InChI is InChI=1S/C13H15FN2/c1-10-2-3-11(8-15-10)4-6-13-7-5-12(14)9-16-13/h5,7,9-11,15H,2-3,8H2,1H3/t10-,11+/m1/s1. The van der Waals surface area contributed by atoms with Crippen molar-refractivity contribution in [2.24, 2.45) is 5.92 Å². The second-order valence-corrected chi connectivity index (χ2v) is 4.21. The monoisotopic (exact) mass is 218 g/mol. The lowest BCUT2D eigenvalue weighted by Gasteiger charge is -2.23. The molecule has 16 heavy (non-hydrogen) atoms. The fraction of sp³-hybridized carbons (Fsp3) is 0.462. The SMILES string of the molecule is C[C@@H]1CC[C@@H](C#Cc2ccc(F)cn2)CN1. The molecule has 1 aliphatic rings. The van der Waals surface area contributed by atoms with Gasteiger partial charge in [-0.1, -0.05) is 5.92 Å². The number of nitrogens with zero attached hydrogens (tertiary/aromatic N) is 1. The van der Waals surface area contributed by atoms with E-state index in [1.54, 1.807) is 6.07 Å². The van der Waals surface area contributed by atoms with Gasteiger partial charge < -0.3 is 5.32 Å². The predicted octanol–water partition coefficient (Wildman–Crippen LogP) is 1.96. The summed E-state index contributed by atoms with van der Waals surface area (Å²) in [4.78, 5) is 3.91. The molecule has 2 nitrogen and oxygen atoms in total. The zero-order chi connectivity index (χ0) is 11.4. The maximum absolute atomic E-state index is 12.6. The van der Waals surface area contributed by atoms with Gasteiger partial charge in [-0.2, -0.15) is 0 Å². The van der Waals surface area contributed by atoms with Crippen molar-refractivity contribution in [3.8, 4) is 11.8 Å². The average Bonchev–Trinajstić information content (AvgIpc) is 2.30. The van der Waals surface area contributed by atoms with E-state index < -0.39 is 0 Å². The van der Waals surface area contributed by atoms with Gasteiger partial charge in [-0.3, -0.25) is 0 Å². The summed E-state index contributed by atoms with van der Waals surface area (Å²) in [5.74, 6) is 6.24. The second kappa shape index (κ2) is 5.09. The van der Waals surface area contributed by atoms with E-state index in [4.69, 9.17) is 0 Å². The van der Waals surface area contributed by atoms with Crippen molar-refractivity contribution < 1.29 is 4.39 Å². The summed E-state index contributed by atoms with van der Waals surface area (Å²) in [5, 5.41) is 3.39. The number of nitrogens with one attached hydrogen (secondary N) is 1. The van der Waals surface area contributed by atoms with Gasteiger partial charge in [0, 0.05) is 18.5 Å². The number of hydrogen-bond donors (Lipinski definition) is 1. The molecular weight excluding hydrogens is 203 g/mol. The average molecular weight is 218 g/mol. The molecule has 1 aromatic rings. The summed E-state index contributed by atoms with van der Waals surface area (Å²) in [5.41, 5.74) is 0.639. The molecule has 3 heteroatoms. The lowest BCUT2D eigenvalue weighted by Crippen LogP contribution is -2.36. The fourth-order valence-electron chi connectivity index (χ4n) is 1.75. The van der Waals surface area contributed by atoms with Gasteiger partial charge in [-0.25, -0.2) is 9.37 Å². The minimum Gasteiger partial charge on any atom is -0.313 e. The van der Waals surface area contributed by atoms with Gasteiger partial charge in [0.1, 0.15) is 11.5 Å². The van der Waals surface area contributed by atoms with Gasteiger partial charge in [-0.15, -0.1) is 0 Å². The number of rotatable bonds is 0. The van der Waals surface area contributed by atoms with Gasteiger partial charge in [0.2, 0.25) is 0 Å². The topological polar surface area (TPSA) is 24.9 Å². The molecule has 1 aliphatic heterocycles. The Labute approximate surface area is 95.3 Å². The normalized spacial score (nSPS) is 24.6. The van der Waals surface area contributed by atoms with Crippen molar-refractivity contribution in [2.75, 3.05) is 6.54 Å². The Hall–Kier alpha value is -1.40. The quantitative estimate of drug-likeness (QED) is 0.673. The molecule has 0 aliphatic carbocycles. The van der Waals surface area contributed by atoms with Crippen molar-refractivity contribution >= 4 is 0 Å². The van der Waals surface area contributed by atoms with E-state index in [2.05, 4.69) is 29.1 Å². The van der Waals surface area contributed by atoms with Crippen molar-refractivity contribution in [2.45, 2.75) is 25.8 Å². The van der Waals surface area contributed by atoms with Gasteiger partial charge in [0.15, 0.2) is 0 Å². The van der Waals surface area contributed by atoms with Crippen molar-refractivity contribution in [1.29, 1.82) is 0 Å². The summed E-state index contributed by atoms with van der Waals surface area (Å²) in [7, 11) is 0. The van der Waals surface area contributed by atoms with Crippen LogP contribution >= 0.6 is 0 Å². The number of halogens is 1. The van der Waals surface area contributed by atoms with Crippen LogP contribution in [0.2, 0.25) is 0 Å². The van der Waals surface area contributed by atoms with Crippen molar-refractivity contribution in [3.05, 3.63) is 29.8 Å². The number of pyridine rings is 1. The van der Waals surface area contributed by atoms with E-state index >= 15 is 0 Å². The first kappa shape index (κ1) is 11.1. The largest absolute Gasteiger partial charge is 0.313 e. The summed E-state index contributed by atoms with van der Waals surface area (Å²) in [6.07, 6.45) is 3.49. The third-order valence-corrected chi connectivity index (χ3v) is 2.79. The molecule has 2 rings (SSSR count). The molecule has 0 spiro atoms. The molecule has 1 fully saturated rings. The molecule has 0 bridgehead atoms. The van der Waals surface area contributed by atoms with Crippen LogP contribution in [0.15, 0.2) is 18.3 Å².